The maximum atomic E-state index is 12.1. The fraction of sp³-hybridized carbons (Fsp3) is 0.150. The molecule has 3 aromatic rings. The van der Waals surface area contributed by atoms with E-state index >= 15 is 0 Å². The molecule has 0 atom stereocenters. The Bertz CT molecular complexity index is 886. The number of esters is 1. The van der Waals surface area contributed by atoms with Crippen molar-refractivity contribution in [3.05, 3.63) is 78.1 Å². The minimum absolute atomic E-state index is 0.190. The highest BCUT2D eigenvalue weighted by molar-refractivity contribution is 6.04. The van der Waals surface area contributed by atoms with Crippen LogP contribution in [0.2, 0.25) is 0 Å². The number of hydrogen-bond acceptors (Lipinski definition) is 4. The molecule has 6 heteroatoms. The molecule has 0 fully saturated rings. The monoisotopic (exact) mass is 349 g/mol. The Labute approximate surface area is 151 Å². The second-order valence-electron chi connectivity index (χ2n) is 5.85. The number of hydrogen-bond donors (Lipinski definition) is 1. The average Bonchev–Trinajstić information content (AvgIpc) is 3.08. The van der Waals surface area contributed by atoms with Gasteiger partial charge in [0.2, 0.25) is 0 Å². The van der Waals surface area contributed by atoms with E-state index in [2.05, 4.69) is 10.4 Å². The zero-order valence-corrected chi connectivity index (χ0v) is 14.4. The van der Waals surface area contributed by atoms with Crippen molar-refractivity contribution in [1.29, 1.82) is 0 Å². The molecule has 0 spiro atoms. The number of amides is 1. The molecule has 0 aliphatic carbocycles. The summed E-state index contributed by atoms with van der Waals surface area (Å²) < 4.78 is 7.00. The van der Waals surface area contributed by atoms with Crippen molar-refractivity contribution >= 4 is 17.6 Å². The van der Waals surface area contributed by atoms with E-state index in [1.54, 1.807) is 47.3 Å². The number of carbonyl (C=O) groups is 2. The summed E-state index contributed by atoms with van der Waals surface area (Å²) in [6, 6.07) is 15.6. The molecule has 3 rings (SSSR count). The van der Waals surface area contributed by atoms with Crippen LogP contribution in [-0.4, -0.2) is 21.7 Å². The molecule has 0 aliphatic rings. The van der Waals surface area contributed by atoms with Crippen molar-refractivity contribution in [2.45, 2.75) is 19.9 Å². The van der Waals surface area contributed by atoms with E-state index in [0.717, 1.165) is 5.56 Å². The van der Waals surface area contributed by atoms with E-state index in [4.69, 9.17) is 4.74 Å². The first-order valence-corrected chi connectivity index (χ1v) is 8.26. The maximum absolute atomic E-state index is 12.1. The summed E-state index contributed by atoms with van der Waals surface area (Å²) in [5, 5.41) is 6.92. The van der Waals surface area contributed by atoms with Gasteiger partial charge in [-0.25, -0.2) is 0 Å². The molecule has 0 unspecified atom stereocenters. The fourth-order valence-electron chi connectivity index (χ4n) is 2.38. The minimum atomic E-state index is -0.334. The van der Waals surface area contributed by atoms with Crippen LogP contribution in [0.4, 0.5) is 5.69 Å². The van der Waals surface area contributed by atoms with Gasteiger partial charge >= 0.3 is 5.97 Å². The van der Waals surface area contributed by atoms with Gasteiger partial charge in [-0.2, -0.15) is 5.10 Å². The molecule has 0 radical (unpaired) electrons. The molecular formula is C20H19N3O3. The molecule has 1 heterocycles. The standard InChI is InChI=1S/C20H19N3O3/c1-15-13-21-23(14-15)12-11-19(24)26-18-9-7-17(8-10-18)22-20(25)16-5-3-2-4-6-16/h2-10,13-14H,11-12H2,1H3,(H,22,25). The number of anilines is 1. The van der Waals surface area contributed by atoms with Gasteiger partial charge in [0.15, 0.2) is 0 Å². The largest absolute Gasteiger partial charge is 0.426 e. The summed E-state index contributed by atoms with van der Waals surface area (Å²) in [4.78, 5) is 24.0. The Hall–Kier alpha value is -3.41. The van der Waals surface area contributed by atoms with Gasteiger partial charge in [0.25, 0.3) is 5.91 Å². The third-order valence-corrected chi connectivity index (χ3v) is 3.69. The third-order valence-electron chi connectivity index (χ3n) is 3.69. The highest BCUT2D eigenvalue weighted by Crippen LogP contribution is 2.17. The second kappa shape index (κ2) is 8.11. The molecule has 2 aromatic carbocycles. The summed E-state index contributed by atoms with van der Waals surface area (Å²) in [6.45, 7) is 2.41. The second-order valence-corrected chi connectivity index (χ2v) is 5.85. The Balaban J connectivity index is 1.51. The maximum Gasteiger partial charge on any atom is 0.313 e. The first kappa shape index (κ1) is 17.4. The van der Waals surface area contributed by atoms with Gasteiger partial charge in [-0.1, -0.05) is 18.2 Å². The van der Waals surface area contributed by atoms with E-state index in [1.165, 1.54) is 0 Å². The van der Waals surface area contributed by atoms with Crippen molar-refractivity contribution < 1.29 is 14.3 Å². The molecule has 0 aliphatic heterocycles. The van der Waals surface area contributed by atoms with Crippen LogP contribution in [0.15, 0.2) is 67.0 Å². The smallest absolute Gasteiger partial charge is 0.313 e. The Morgan fingerprint density at radius 2 is 1.81 bits per heavy atom. The fourth-order valence-corrected chi connectivity index (χ4v) is 2.38. The van der Waals surface area contributed by atoms with Crippen LogP contribution in [0.3, 0.4) is 0 Å². The predicted molar refractivity (Wildman–Crippen MR) is 98.1 cm³/mol. The van der Waals surface area contributed by atoms with E-state index in [9.17, 15) is 9.59 Å². The van der Waals surface area contributed by atoms with Crippen molar-refractivity contribution in [3.63, 3.8) is 0 Å². The van der Waals surface area contributed by atoms with Crippen LogP contribution >= 0.6 is 0 Å². The lowest BCUT2D eigenvalue weighted by atomic mass is 10.2. The molecule has 1 N–H and O–H groups in total. The molecule has 1 amide bonds. The van der Waals surface area contributed by atoms with Crippen molar-refractivity contribution in [2.75, 3.05) is 5.32 Å². The lowest BCUT2D eigenvalue weighted by Gasteiger charge is -2.07. The van der Waals surface area contributed by atoms with Crippen molar-refractivity contribution in [2.24, 2.45) is 0 Å². The number of aromatic nitrogens is 2. The minimum Gasteiger partial charge on any atom is -0.426 e. The zero-order chi connectivity index (χ0) is 18.4. The van der Waals surface area contributed by atoms with E-state index in [-0.39, 0.29) is 18.3 Å². The molecule has 0 saturated carbocycles. The lowest BCUT2D eigenvalue weighted by Crippen LogP contribution is -2.13. The number of aryl methyl sites for hydroxylation is 2. The van der Waals surface area contributed by atoms with Gasteiger partial charge in [-0.3, -0.25) is 14.3 Å². The quantitative estimate of drug-likeness (QED) is 0.546. The SMILES string of the molecule is Cc1cnn(CCC(=O)Oc2ccc(NC(=O)c3ccccc3)cc2)c1. The summed E-state index contributed by atoms with van der Waals surface area (Å²) in [6.07, 6.45) is 3.85. The van der Waals surface area contributed by atoms with Crippen LogP contribution in [0.5, 0.6) is 5.75 Å². The molecule has 26 heavy (non-hydrogen) atoms. The van der Waals surface area contributed by atoms with Crippen molar-refractivity contribution in [1.82, 2.24) is 9.78 Å². The summed E-state index contributed by atoms with van der Waals surface area (Å²) in [7, 11) is 0. The molecule has 0 saturated heterocycles. The van der Waals surface area contributed by atoms with Crippen LogP contribution in [0, 0.1) is 6.92 Å². The Morgan fingerprint density at radius 3 is 2.46 bits per heavy atom. The Kier molecular flexibility index (Phi) is 5.43. The number of nitrogens with zero attached hydrogens (tertiary/aromatic N) is 2. The predicted octanol–water partition coefficient (Wildman–Crippen LogP) is 3.44. The van der Waals surface area contributed by atoms with Gasteiger partial charge in [-0.15, -0.1) is 0 Å². The molecular weight excluding hydrogens is 330 g/mol. The normalized spacial score (nSPS) is 10.3. The molecule has 1 aromatic heterocycles. The number of ether oxygens (including phenoxy) is 1. The summed E-state index contributed by atoms with van der Waals surface area (Å²) in [5.41, 5.74) is 2.26. The van der Waals surface area contributed by atoms with Crippen LogP contribution in [0.25, 0.3) is 0 Å². The molecule has 132 valence electrons. The van der Waals surface area contributed by atoms with Gasteiger partial charge < -0.3 is 10.1 Å². The van der Waals surface area contributed by atoms with Gasteiger partial charge in [0, 0.05) is 17.4 Å². The summed E-state index contributed by atoms with van der Waals surface area (Å²) >= 11 is 0. The van der Waals surface area contributed by atoms with Crippen LogP contribution < -0.4 is 10.1 Å². The molecule has 6 nitrogen and oxygen atoms in total. The van der Waals surface area contributed by atoms with Crippen LogP contribution in [0.1, 0.15) is 22.3 Å². The highest BCUT2D eigenvalue weighted by Gasteiger charge is 2.08. The number of benzene rings is 2. The van der Waals surface area contributed by atoms with Gasteiger partial charge in [-0.05, 0) is 48.9 Å². The average molecular weight is 349 g/mol. The first-order valence-electron chi connectivity index (χ1n) is 8.26. The van der Waals surface area contributed by atoms with E-state index < -0.39 is 0 Å². The zero-order valence-electron chi connectivity index (χ0n) is 14.4. The number of rotatable bonds is 6. The lowest BCUT2D eigenvalue weighted by molar-refractivity contribution is -0.134. The summed E-state index contributed by atoms with van der Waals surface area (Å²) in [5.74, 6) is -0.0894. The van der Waals surface area contributed by atoms with Gasteiger partial charge in [0.1, 0.15) is 5.75 Å². The molecule has 0 bridgehead atoms. The van der Waals surface area contributed by atoms with E-state index in [0.29, 0.717) is 23.5 Å². The highest BCUT2D eigenvalue weighted by atomic mass is 16.5. The number of carbonyl (C=O) groups excluding carboxylic acids is 2. The van der Waals surface area contributed by atoms with Crippen molar-refractivity contribution in [3.8, 4) is 5.75 Å². The number of nitrogens with one attached hydrogen (secondary N) is 1. The van der Waals surface area contributed by atoms with E-state index in [1.807, 2.05) is 31.3 Å². The first-order chi connectivity index (χ1) is 12.6. The van der Waals surface area contributed by atoms with Crippen LogP contribution in [-0.2, 0) is 11.3 Å². The third kappa shape index (κ3) is 4.80. The Morgan fingerprint density at radius 1 is 1.08 bits per heavy atom. The van der Waals surface area contributed by atoms with Gasteiger partial charge in [0.05, 0.1) is 19.2 Å². The topological polar surface area (TPSA) is 73.2 Å².